The van der Waals surface area contributed by atoms with Crippen molar-refractivity contribution in [3.63, 3.8) is 0 Å². The standard InChI is InChI=1S/C11H20N4OS2/c1-6-15(7-2)10-13-9(17-18-10)12-8(16)14-11(3,4)5/h6-7H2,1-5H3,(H,14,16). The van der Waals surface area contributed by atoms with E-state index in [-0.39, 0.29) is 11.6 Å². The van der Waals surface area contributed by atoms with Gasteiger partial charge in [-0.1, -0.05) is 0 Å². The second-order valence-corrected chi connectivity index (χ2v) is 6.87. The molecule has 1 heterocycles. The number of carbonyl (C=O) groups is 1. The third-order valence-corrected chi connectivity index (χ3v) is 4.15. The number of aromatic nitrogens is 1. The van der Waals surface area contributed by atoms with E-state index >= 15 is 0 Å². The van der Waals surface area contributed by atoms with Gasteiger partial charge >= 0.3 is 6.03 Å². The third kappa shape index (κ3) is 4.73. The van der Waals surface area contributed by atoms with Crippen molar-refractivity contribution in [3.8, 4) is 0 Å². The number of nitrogens with zero attached hydrogens (tertiary/aromatic N) is 3. The fraction of sp³-hybridized carbons (Fsp3) is 0.727. The molecule has 0 radical (unpaired) electrons. The molecule has 2 amide bonds. The lowest BCUT2D eigenvalue weighted by molar-refractivity contribution is 0.240. The molecule has 1 rings (SSSR count). The second kappa shape index (κ2) is 6.29. The van der Waals surface area contributed by atoms with Crippen LogP contribution in [0.1, 0.15) is 34.6 Å². The lowest BCUT2D eigenvalue weighted by Crippen LogP contribution is -2.39. The zero-order valence-electron chi connectivity index (χ0n) is 11.5. The van der Waals surface area contributed by atoms with Crippen molar-refractivity contribution in [2.45, 2.75) is 40.2 Å². The average molecular weight is 288 g/mol. The van der Waals surface area contributed by atoms with Gasteiger partial charge in [-0.3, -0.25) is 0 Å². The van der Waals surface area contributed by atoms with E-state index in [9.17, 15) is 4.79 Å². The fourth-order valence-corrected chi connectivity index (χ4v) is 3.33. The van der Waals surface area contributed by atoms with Crippen LogP contribution in [0.3, 0.4) is 0 Å². The van der Waals surface area contributed by atoms with Gasteiger partial charge in [0.05, 0.1) is 0 Å². The Labute approximate surface area is 115 Å². The number of urea groups is 1. The van der Waals surface area contributed by atoms with Gasteiger partial charge in [0.25, 0.3) is 0 Å². The van der Waals surface area contributed by atoms with Gasteiger partial charge in [0.1, 0.15) is 0 Å². The largest absolute Gasteiger partial charge is 0.348 e. The summed E-state index contributed by atoms with van der Waals surface area (Å²) in [5.41, 5.74) is -0.275. The molecule has 0 fully saturated rings. The first-order valence-electron chi connectivity index (χ1n) is 5.94. The first kappa shape index (κ1) is 15.1. The van der Waals surface area contributed by atoms with Gasteiger partial charge in [0.2, 0.25) is 4.80 Å². The van der Waals surface area contributed by atoms with Gasteiger partial charge < -0.3 is 10.2 Å². The van der Waals surface area contributed by atoms with Crippen LogP contribution in [0.5, 0.6) is 0 Å². The van der Waals surface area contributed by atoms with Crippen LogP contribution in [0.15, 0.2) is 4.99 Å². The third-order valence-electron chi connectivity index (χ3n) is 2.10. The lowest BCUT2D eigenvalue weighted by atomic mass is 10.1. The summed E-state index contributed by atoms with van der Waals surface area (Å²) in [6.45, 7) is 11.7. The zero-order chi connectivity index (χ0) is 13.8. The molecule has 0 aliphatic rings. The highest BCUT2D eigenvalue weighted by Gasteiger charge is 2.13. The van der Waals surface area contributed by atoms with Crippen LogP contribution in [0.25, 0.3) is 0 Å². The molecular weight excluding hydrogens is 268 g/mol. The highest BCUT2D eigenvalue weighted by atomic mass is 32.9. The number of nitrogens with one attached hydrogen (secondary N) is 1. The molecule has 1 N–H and O–H groups in total. The summed E-state index contributed by atoms with van der Waals surface area (Å²) in [6.07, 6.45) is 0. The number of carbonyl (C=O) groups excluding carboxylic acids is 1. The molecule has 0 bridgehead atoms. The van der Waals surface area contributed by atoms with Crippen molar-refractivity contribution in [3.05, 3.63) is 4.80 Å². The topological polar surface area (TPSA) is 57.6 Å². The van der Waals surface area contributed by atoms with Crippen LogP contribution in [0.2, 0.25) is 0 Å². The summed E-state index contributed by atoms with van der Waals surface area (Å²) >= 11 is 0. The Bertz CT molecular complexity index is 454. The molecule has 0 saturated heterocycles. The average Bonchev–Trinajstić information content (AvgIpc) is 2.65. The minimum absolute atomic E-state index is 0.275. The fourth-order valence-electron chi connectivity index (χ4n) is 1.29. The smallest absolute Gasteiger partial charge is 0.344 e. The van der Waals surface area contributed by atoms with Gasteiger partial charge in [-0.25, -0.2) is 4.79 Å². The maximum atomic E-state index is 11.6. The Morgan fingerprint density at radius 3 is 2.44 bits per heavy atom. The first-order valence-corrected chi connectivity index (χ1v) is 8.09. The molecule has 1 aromatic heterocycles. The Hall–Kier alpha value is -0.950. The second-order valence-electron chi connectivity index (χ2n) is 4.81. The molecule has 0 saturated carbocycles. The molecule has 0 aliphatic heterocycles. The summed E-state index contributed by atoms with van der Waals surface area (Å²) in [5.74, 6) is 0. The van der Waals surface area contributed by atoms with E-state index in [1.807, 2.05) is 20.8 Å². The number of rotatable bonds is 3. The predicted octanol–water partition coefficient (Wildman–Crippen LogP) is 2.46. The molecule has 18 heavy (non-hydrogen) atoms. The summed E-state index contributed by atoms with van der Waals surface area (Å²) in [4.78, 5) is 22.6. The van der Waals surface area contributed by atoms with Crippen molar-refractivity contribution >= 4 is 31.8 Å². The molecule has 0 aromatic carbocycles. The maximum absolute atomic E-state index is 11.6. The Morgan fingerprint density at radius 2 is 1.94 bits per heavy atom. The zero-order valence-corrected chi connectivity index (χ0v) is 13.1. The van der Waals surface area contributed by atoms with Crippen molar-refractivity contribution in [1.29, 1.82) is 0 Å². The summed E-state index contributed by atoms with van der Waals surface area (Å²) in [5, 5.41) is 3.71. The summed E-state index contributed by atoms with van der Waals surface area (Å²) in [7, 11) is 2.97. The van der Waals surface area contributed by atoms with Gasteiger partial charge in [0.15, 0.2) is 5.13 Å². The monoisotopic (exact) mass is 288 g/mol. The number of hydrogen-bond donors (Lipinski definition) is 1. The van der Waals surface area contributed by atoms with E-state index in [0.717, 1.165) is 18.2 Å². The van der Waals surface area contributed by atoms with Crippen molar-refractivity contribution < 1.29 is 4.79 Å². The number of hydrogen-bond acceptors (Lipinski definition) is 5. The molecular formula is C11H20N4OS2. The number of anilines is 1. The minimum Gasteiger partial charge on any atom is -0.348 e. The molecule has 0 atom stereocenters. The van der Waals surface area contributed by atoms with Gasteiger partial charge in [-0.05, 0) is 55.3 Å². The van der Waals surface area contributed by atoms with E-state index in [1.165, 1.54) is 10.3 Å². The first-order chi connectivity index (χ1) is 8.35. The Kier molecular flexibility index (Phi) is 5.28. The highest BCUT2D eigenvalue weighted by molar-refractivity contribution is 7.69. The van der Waals surface area contributed by atoms with Crippen molar-refractivity contribution in [1.82, 2.24) is 10.3 Å². The Balaban J connectivity index is 2.82. The van der Waals surface area contributed by atoms with Gasteiger partial charge in [0, 0.05) is 18.6 Å². The normalized spacial score (nSPS) is 12.6. The molecule has 102 valence electrons. The van der Waals surface area contributed by atoms with E-state index in [4.69, 9.17) is 0 Å². The van der Waals surface area contributed by atoms with Crippen LogP contribution in [0.4, 0.5) is 9.93 Å². The van der Waals surface area contributed by atoms with Crippen molar-refractivity contribution in [2.75, 3.05) is 18.0 Å². The quantitative estimate of drug-likeness (QED) is 0.869. The van der Waals surface area contributed by atoms with Gasteiger partial charge in [-0.2, -0.15) is 9.98 Å². The van der Waals surface area contributed by atoms with Crippen LogP contribution in [-0.4, -0.2) is 29.6 Å². The highest BCUT2D eigenvalue weighted by Crippen LogP contribution is 2.17. The molecule has 1 aromatic rings. The van der Waals surface area contributed by atoms with Crippen LogP contribution in [0, 0.1) is 0 Å². The SMILES string of the molecule is CCN(CC)c1nc(=NC(=O)NC(C)(C)C)ss1. The molecule has 0 spiro atoms. The lowest BCUT2D eigenvalue weighted by Gasteiger charge is -2.17. The van der Waals surface area contributed by atoms with Crippen LogP contribution in [-0.2, 0) is 0 Å². The van der Waals surface area contributed by atoms with E-state index < -0.39 is 0 Å². The predicted molar refractivity (Wildman–Crippen MR) is 77.4 cm³/mol. The summed E-state index contributed by atoms with van der Waals surface area (Å²) in [6, 6.07) is -0.338. The Morgan fingerprint density at radius 1 is 1.33 bits per heavy atom. The minimum atomic E-state index is -0.338. The number of amides is 2. The maximum Gasteiger partial charge on any atom is 0.344 e. The summed E-state index contributed by atoms with van der Waals surface area (Å²) < 4.78 is 0. The van der Waals surface area contributed by atoms with Crippen LogP contribution >= 0.6 is 20.7 Å². The van der Waals surface area contributed by atoms with Crippen molar-refractivity contribution in [2.24, 2.45) is 4.99 Å². The molecule has 0 unspecified atom stereocenters. The molecule has 5 nitrogen and oxygen atoms in total. The van der Waals surface area contributed by atoms with E-state index in [1.54, 1.807) is 10.3 Å². The van der Waals surface area contributed by atoms with Crippen LogP contribution < -0.4 is 15.0 Å². The molecule has 0 aliphatic carbocycles. The van der Waals surface area contributed by atoms with E-state index in [2.05, 4.69) is 34.0 Å². The molecule has 7 heteroatoms. The van der Waals surface area contributed by atoms with Gasteiger partial charge in [-0.15, -0.1) is 0 Å². The van der Waals surface area contributed by atoms with E-state index in [0.29, 0.717) is 4.80 Å².